The third-order valence-corrected chi connectivity index (χ3v) is 4.47. The zero-order valence-electron chi connectivity index (χ0n) is 11.7. The van der Waals surface area contributed by atoms with Crippen LogP contribution in [-0.2, 0) is 0 Å². The first kappa shape index (κ1) is 11.8. The van der Waals surface area contributed by atoms with Gasteiger partial charge in [0.15, 0.2) is 0 Å². The standard InChI is InChI=1S/C16H22NO/c1-15(2)9-12-11-7-5-6-8-13(11)17(18)14(12)16(3,4)10-15/h5-8,12,18H,9-10H2,1-4H3/q+1. The first-order chi connectivity index (χ1) is 8.32. The lowest BCUT2D eigenvalue weighted by atomic mass is 9.59. The van der Waals surface area contributed by atoms with E-state index < -0.39 is 0 Å². The van der Waals surface area contributed by atoms with Crippen molar-refractivity contribution in [1.29, 1.82) is 0 Å². The van der Waals surface area contributed by atoms with Gasteiger partial charge in [-0.05, 0) is 18.3 Å². The molecule has 3 rings (SSSR count). The summed E-state index contributed by atoms with van der Waals surface area (Å²) >= 11 is 0. The Balaban J connectivity index is 2.20. The van der Waals surface area contributed by atoms with Crippen molar-refractivity contribution in [3.63, 3.8) is 0 Å². The number of benzene rings is 1. The maximum atomic E-state index is 10.5. The normalized spacial score (nSPS) is 27.9. The monoisotopic (exact) mass is 244 g/mol. The average Bonchev–Trinajstić information content (AvgIpc) is 2.51. The molecule has 2 nitrogen and oxygen atoms in total. The highest BCUT2D eigenvalue weighted by Crippen LogP contribution is 2.54. The topological polar surface area (TPSA) is 23.2 Å². The van der Waals surface area contributed by atoms with E-state index in [1.54, 1.807) is 0 Å². The number of fused-ring (bicyclic) bond motifs is 3. The van der Waals surface area contributed by atoms with Crippen LogP contribution >= 0.6 is 0 Å². The number of hydrogen-bond donors (Lipinski definition) is 1. The van der Waals surface area contributed by atoms with Crippen molar-refractivity contribution in [3.8, 4) is 0 Å². The van der Waals surface area contributed by atoms with Crippen LogP contribution < -0.4 is 0 Å². The van der Waals surface area contributed by atoms with Gasteiger partial charge in [0.25, 0.3) is 5.69 Å². The van der Waals surface area contributed by atoms with Crippen LogP contribution in [0.2, 0.25) is 0 Å². The molecule has 1 aromatic carbocycles. The summed E-state index contributed by atoms with van der Waals surface area (Å²) in [6, 6.07) is 8.25. The van der Waals surface area contributed by atoms with Gasteiger partial charge < -0.3 is 0 Å². The van der Waals surface area contributed by atoms with Crippen molar-refractivity contribution in [2.75, 3.05) is 0 Å². The molecule has 0 spiro atoms. The lowest BCUT2D eigenvalue weighted by Gasteiger charge is -2.41. The van der Waals surface area contributed by atoms with Gasteiger partial charge in [-0.25, -0.2) is 0 Å². The van der Waals surface area contributed by atoms with Crippen molar-refractivity contribution < 1.29 is 9.95 Å². The van der Waals surface area contributed by atoms with Gasteiger partial charge in [-0.3, -0.25) is 5.21 Å². The van der Waals surface area contributed by atoms with E-state index in [2.05, 4.69) is 39.8 Å². The molecule has 0 radical (unpaired) electrons. The summed E-state index contributed by atoms with van der Waals surface area (Å²) in [5.74, 6) is 0.380. The van der Waals surface area contributed by atoms with E-state index >= 15 is 0 Å². The molecule has 2 heteroatoms. The highest BCUT2D eigenvalue weighted by atomic mass is 16.5. The minimum absolute atomic E-state index is 0.0557. The van der Waals surface area contributed by atoms with E-state index in [4.69, 9.17) is 0 Å². The Morgan fingerprint density at radius 2 is 1.83 bits per heavy atom. The van der Waals surface area contributed by atoms with Crippen LogP contribution in [0, 0.1) is 10.8 Å². The maximum absolute atomic E-state index is 10.5. The lowest BCUT2D eigenvalue weighted by molar-refractivity contribution is -0.713. The van der Waals surface area contributed by atoms with Crippen LogP contribution in [0.5, 0.6) is 0 Å². The molecule has 1 heterocycles. The zero-order valence-corrected chi connectivity index (χ0v) is 11.7. The fourth-order valence-electron chi connectivity index (χ4n) is 4.28. The van der Waals surface area contributed by atoms with Crippen LogP contribution in [-0.4, -0.2) is 15.7 Å². The number of rotatable bonds is 0. The van der Waals surface area contributed by atoms with Crippen molar-refractivity contribution >= 4 is 11.4 Å². The summed E-state index contributed by atoms with van der Waals surface area (Å²) in [5, 5.41) is 10.5. The lowest BCUT2D eigenvalue weighted by Crippen LogP contribution is -2.42. The molecule has 0 aromatic heterocycles. The number of nitrogens with zero attached hydrogens (tertiary/aromatic N) is 1. The Kier molecular flexibility index (Phi) is 2.20. The first-order valence-corrected chi connectivity index (χ1v) is 6.77. The van der Waals surface area contributed by atoms with Crippen LogP contribution in [0.15, 0.2) is 24.3 Å². The van der Waals surface area contributed by atoms with Crippen molar-refractivity contribution in [1.82, 2.24) is 0 Å². The quantitative estimate of drug-likeness (QED) is 0.539. The fraction of sp³-hybridized carbons (Fsp3) is 0.562. The second-order valence-corrected chi connectivity index (χ2v) is 7.24. The van der Waals surface area contributed by atoms with E-state index in [1.165, 1.54) is 16.0 Å². The Morgan fingerprint density at radius 1 is 1.17 bits per heavy atom. The summed E-state index contributed by atoms with van der Waals surface area (Å²) < 4.78 is 1.45. The predicted octanol–water partition coefficient (Wildman–Crippen LogP) is 4.10. The van der Waals surface area contributed by atoms with Gasteiger partial charge in [-0.2, -0.15) is 0 Å². The first-order valence-electron chi connectivity index (χ1n) is 6.77. The third-order valence-electron chi connectivity index (χ3n) is 4.47. The Hall–Kier alpha value is -1.31. The van der Waals surface area contributed by atoms with Crippen molar-refractivity contribution in [3.05, 3.63) is 29.8 Å². The van der Waals surface area contributed by atoms with Gasteiger partial charge in [0, 0.05) is 16.4 Å². The molecule has 0 amide bonds. The summed E-state index contributed by atoms with van der Waals surface area (Å²) in [6.45, 7) is 9.19. The predicted molar refractivity (Wildman–Crippen MR) is 72.7 cm³/mol. The Morgan fingerprint density at radius 3 is 2.56 bits per heavy atom. The summed E-state index contributed by atoms with van der Waals surface area (Å²) in [5.41, 5.74) is 3.83. The van der Waals surface area contributed by atoms with Crippen LogP contribution in [0.25, 0.3) is 0 Å². The number of para-hydroxylation sites is 1. The molecule has 18 heavy (non-hydrogen) atoms. The molecule has 1 unspecified atom stereocenters. The van der Waals surface area contributed by atoms with E-state index in [9.17, 15) is 5.21 Å². The summed E-state index contributed by atoms with van der Waals surface area (Å²) in [7, 11) is 0. The highest BCUT2D eigenvalue weighted by Gasteiger charge is 2.54. The number of hydrogen-bond acceptors (Lipinski definition) is 1. The Bertz CT molecular complexity index is 540. The van der Waals surface area contributed by atoms with Crippen LogP contribution in [0.4, 0.5) is 5.69 Å². The highest BCUT2D eigenvalue weighted by molar-refractivity contribution is 5.96. The molecule has 1 aliphatic carbocycles. The molecule has 0 bridgehead atoms. The summed E-state index contributed by atoms with van der Waals surface area (Å²) in [6.07, 6.45) is 2.25. The van der Waals surface area contributed by atoms with E-state index in [0.29, 0.717) is 11.3 Å². The van der Waals surface area contributed by atoms with Crippen molar-refractivity contribution in [2.24, 2.45) is 10.8 Å². The molecule has 1 saturated carbocycles. The van der Waals surface area contributed by atoms with Gasteiger partial charge in [0.05, 0.1) is 11.3 Å². The third kappa shape index (κ3) is 1.51. The van der Waals surface area contributed by atoms with Gasteiger partial charge in [0.2, 0.25) is 5.71 Å². The van der Waals surface area contributed by atoms with Crippen LogP contribution in [0.3, 0.4) is 0 Å². The molecule has 96 valence electrons. The molecular formula is C16H22NO+. The van der Waals surface area contributed by atoms with E-state index in [0.717, 1.165) is 18.5 Å². The van der Waals surface area contributed by atoms with Gasteiger partial charge in [-0.15, -0.1) is 0 Å². The minimum Gasteiger partial charge on any atom is -0.285 e. The Labute approximate surface area is 109 Å². The second-order valence-electron chi connectivity index (χ2n) is 7.24. The van der Waals surface area contributed by atoms with Crippen molar-refractivity contribution in [2.45, 2.75) is 46.5 Å². The molecule has 0 saturated heterocycles. The van der Waals surface area contributed by atoms with Gasteiger partial charge >= 0.3 is 0 Å². The maximum Gasteiger partial charge on any atom is 0.261 e. The fourth-order valence-corrected chi connectivity index (χ4v) is 4.28. The molecule has 1 fully saturated rings. The minimum atomic E-state index is 0.0557. The molecule has 1 atom stereocenters. The molecular weight excluding hydrogens is 222 g/mol. The van der Waals surface area contributed by atoms with Gasteiger partial charge in [0.1, 0.15) is 0 Å². The molecule has 1 aromatic rings. The van der Waals surface area contributed by atoms with E-state index in [-0.39, 0.29) is 5.41 Å². The largest absolute Gasteiger partial charge is 0.285 e. The molecule has 1 N–H and O–H groups in total. The van der Waals surface area contributed by atoms with E-state index in [1.807, 2.05) is 12.1 Å². The zero-order chi connectivity index (χ0) is 13.1. The SMILES string of the molecule is CC1(C)CC2C(=[N+](O)c3ccccc32)C(C)(C)C1. The second kappa shape index (κ2) is 3.37. The van der Waals surface area contributed by atoms with Crippen LogP contribution in [0.1, 0.15) is 52.0 Å². The molecule has 1 aliphatic heterocycles. The smallest absolute Gasteiger partial charge is 0.261 e. The summed E-state index contributed by atoms with van der Waals surface area (Å²) in [4.78, 5) is 0. The molecule has 2 aliphatic rings. The average molecular weight is 244 g/mol. The van der Waals surface area contributed by atoms with Gasteiger partial charge in [-0.1, -0.05) is 45.9 Å².